The predicted molar refractivity (Wildman–Crippen MR) is 76.9 cm³/mol. The van der Waals surface area contributed by atoms with E-state index in [1.54, 1.807) is 12.1 Å². The summed E-state index contributed by atoms with van der Waals surface area (Å²) < 4.78 is 0. The number of anilines is 1. The maximum absolute atomic E-state index is 8.72. The van der Waals surface area contributed by atoms with Gasteiger partial charge in [-0.25, -0.2) is 0 Å². The van der Waals surface area contributed by atoms with Crippen molar-refractivity contribution in [2.75, 3.05) is 23.9 Å². The molecule has 0 aromatic heterocycles. The first-order valence-corrected chi connectivity index (χ1v) is 7.47. The summed E-state index contributed by atoms with van der Waals surface area (Å²) in [7, 11) is 0. The SMILES string of the molecule is CSCCCCCNc1ccc(C#N)cc1Cl. The number of benzene rings is 1. The highest BCUT2D eigenvalue weighted by Crippen LogP contribution is 2.22. The predicted octanol–water partition coefficient (Wildman–Crippen LogP) is 4.16. The van der Waals surface area contributed by atoms with E-state index in [2.05, 4.69) is 17.6 Å². The van der Waals surface area contributed by atoms with Crippen LogP contribution in [0.1, 0.15) is 24.8 Å². The Labute approximate surface area is 112 Å². The van der Waals surface area contributed by atoms with Gasteiger partial charge in [-0.1, -0.05) is 18.0 Å². The van der Waals surface area contributed by atoms with Crippen LogP contribution in [-0.4, -0.2) is 18.6 Å². The molecule has 4 heteroatoms. The van der Waals surface area contributed by atoms with Crippen molar-refractivity contribution >= 4 is 29.1 Å². The lowest BCUT2D eigenvalue weighted by Crippen LogP contribution is -2.02. The zero-order chi connectivity index (χ0) is 12.5. The Morgan fingerprint density at radius 1 is 1.35 bits per heavy atom. The van der Waals surface area contributed by atoms with Crippen LogP contribution in [0.3, 0.4) is 0 Å². The van der Waals surface area contributed by atoms with Crippen LogP contribution in [-0.2, 0) is 0 Å². The van der Waals surface area contributed by atoms with Gasteiger partial charge in [-0.3, -0.25) is 0 Å². The van der Waals surface area contributed by atoms with Crippen molar-refractivity contribution in [2.45, 2.75) is 19.3 Å². The van der Waals surface area contributed by atoms with E-state index in [-0.39, 0.29) is 0 Å². The van der Waals surface area contributed by atoms with Crippen molar-refractivity contribution in [3.63, 3.8) is 0 Å². The van der Waals surface area contributed by atoms with Crippen LogP contribution in [0.4, 0.5) is 5.69 Å². The number of halogens is 1. The molecule has 0 heterocycles. The molecule has 0 unspecified atom stereocenters. The summed E-state index contributed by atoms with van der Waals surface area (Å²) in [5.74, 6) is 1.23. The minimum absolute atomic E-state index is 0.598. The van der Waals surface area contributed by atoms with E-state index in [4.69, 9.17) is 16.9 Å². The number of hydrogen-bond donors (Lipinski definition) is 1. The van der Waals surface area contributed by atoms with Crippen LogP contribution in [0.25, 0.3) is 0 Å². The van der Waals surface area contributed by atoms with Gasteiger partial charge in [0.25, 0.3) is 0 Å². The minimum atomic E-state index is 0.598. The van der Waals surface area contributed by atoms with E-state index < -0.39 is 0 Å². The molecule has 1 rings (SSSR count). The van der Waals surface area contributed by atoms with E-state index in [0.29, 0.717) is 10.6 Å². The number of unbranched alkanes of at least 4 members (excludes halogenated alkanes) is 2. The van der Waals surface area contributed by atoms with Gasteiger partial charge in [0.15, 0.2) is 0 Å². The zero-order valence-electron chi connectivity index (χ0n) is 10.0. The Bertz CT molecular complexity index is 387. The lowest BCUT2D eigenvalue weighted by molar-refractivity contribution is 0.750. The summed E-state index contributed by atoms with van der Waals surface area (Å²) in [5.41, 5.74) is 1.51. The van der Waals surface area contributed by atoms with E-state index in [9.17, 15) is 0 Å². The smallest absolute Gasteiger partial charge is 0.0992 e. The Morgan fingerprint density at radius 2 is 2.18 bits per heavy atom. The van der Waals surface area contributed by atoms with Crippen LogP contribution < -0.4 is 5.32 Å². The first-order valence-electron chi connectivity index (χ1n) is 5.70. The first-order chi connectivity index (χ1) is 8.27. The zero-order valence-corrected chi connectivity index (χ0v) is 11.6. The van der Waals surface area contributed by atoms with Crippen molar-refractivity contribution in [1.82, 2.24) is 0 Å². The molecule has 0 fully saturated rings. The topological polar surface area (TPSA) is 35.8 Å². The second-order valence-electron chi connectivity index (χ2n) is 3.79. The molecule has 0 spiro atoms. The Balaban J connectivity index is 2.30. The number of rotatable bonds is 7. The lowest BCUT2D eigenvalue weighted by Gasteiger charge is -2.08. The van der Waals surface area contributed by atoms with Gasteiger partial charge in [-0.05, 0) is 43.0 Å². The van der Waals surface area contributed by atoms with Gasteiger partial charge < -0.3 is 5.32 Å². The number of nitrogens with zero attached hydrogens (tertiary/aromatic N) is 1. The highest BCUT2D eigenvalue weighted by molar-refractivity contribution is 7.98. The molecule has 1 aromatic carbocycles. The van der Waals surface area contributed by atoms with Gasteiger partial charge in [0.2, 0.25) is 0 Å². The lowest BCUT2D eigenvalue weighted by atomic mass is 10.2. The van der Waals surface area contributed by atoms with Crippen molar-refractivity contribution in [1.29, 1.82) is 5.26 Å². The van der Waals surface area contributed by atoms with Crippen LogP contribution in [0.5, 0.6) is 0 Å². The molecule has 0 bridgehead atoms. The molecule has 0 radical (unpaired) electrons. The van der Waals surface area contributed by atoms with Gasteiger partial charge in [0.1, 0.15) is 0 Å². The summed E-state index contributed by atoms with van der Waals surface area (Å²) in [5, 5.41) is 12.6. The molecule has 1 N–H and O–H groups in total. The second kappa shape index (κ2) is 8.27. The third-order valence-electron chi connectivity index (χ3n) is 2.44. The number of nitrogens with one attached hydrogen (secondary N) is 1. The average molecular weight is 269 g/mol. The maximum Gasteiger partial charge on any atom is 0.0992 e. The molecule has 0 amide bonds. The molecule has 92 valence electrons. The monoisotopic (exact) mass is 268 g/mol. The molecule has 0 saturated carbocycles. The van der Waals surface area contributed by atoms with Gasteiger partial charge in [-0.2, -0.15) is 17.0 Å². The van der Waals surface area contributed by atoms with E-state index in [0.717, 1.165) is 18.7 Å². The molecule has 0 saturated heterocycles. The van der Waals surface area contributed by atoms with Crippen LogP contribution >= 0.6 is 23.4 Å². The maximum atomic E-state index is 8.72. The summed E-state index contributed by atoms with van der Waals surface area (Å²) >= 11 is 7.94. The molecular formula is C13H17ClN2S. The first kappa shape index (κ1) is 14.2. The van der Waals surface area contributed by atoms with Crippen LogP contribution in [0.2, 0.25) is 5.02 Å². The van der Waals surface area contributed by atoms with E-state index in [1.165, 1.54) is 18.6 Å². The normalized spacial score (nSPS) is 9.94. The largest absolute Gasteiger partial charge is 0.384 e. The molecular weight excluding hydrogens is 252 g/mol. The summed E-state index contributed by atoms with van der Waals surface area (Å²) in [6.45, 7) is 0.931. The van der Waals surface area contributed by atoms with Crippen LogP contribution in [0, 0.1) is 11.3 Å². The molecule has 17 heavy (non-hydrogen) atoms. The summed E-state index contributed by atoms with van der Waals surface area (Å²) in [6.07, 6.45) is 5.79. The van der Waals surface area contributed by atoms with Crippen LogP contribution in [0.15, 0.2) is 18.2 Å². The van der Waals surface area contributed by atoms with E-state index >= 15 is 0 Å². The van der Waals surface area contributed by atoms with Crippen molar-refractivity contribution < 1.29 is 0 Å². The number of hydrogen-bond acceptors (Lipinski definition) is 3. The summed E-state index contributed by atoms with van der Waals surface area (Å²) in [6, 6.07) is 7.41. The second-order valence-corrected chi connectivity index (χ2v) is 5.18. The third-order valence-corrected chi connectivity index (χ3v) is 3.45. The average Bonchev–Trinajstić information content (AvgIpc) is 2.35. The minimum Gasteiger partial charge on any atom is -0.384 e. The molecule has 0 atom stereocenters. The van der Waals surface area contributed by atoms with Gasteiger partial charge >= 0.3 is 0 Å². The Kier molecular flexibility index (Phi) is 6.91. The van der Waals surface area contributed by atoms with Gasteiger partial charge in [0.05, 0.1) is 22.3 Å². The molecule has 2 nitrogen and oxygen atoms in total. The Morgan fingerprint density at radius 3 is 2.82 bits per heavy atom. The number of thioether (sulfide) groups is 1. The highest BCUT2D eigenvalue weighted by Gasteiger charge is 2.00. The molecule has 0 aliphatic rings. The highest BCUT2D eigenvalue weighted by atomic mass is 35.5. The van der Waals surface area contributed by atoms with Crippen molar-refractivity contribution in [3.8, 4) is 6.07 Å². The fourth-order valence-corrected chi connectivity index (χ4v) is 2.24. The van der Waals surface area contributed by atoms with E-state index in [1.807, 2.05) is 17.8 Å². The quantitative estimate of drug-likeness (QED) is 0.755. The van der Waals surface area contributed by atoms with Gasteiger partial charge in [-0.15, -0.1) is 0 Å². The third kappa shape index (κ3) is 5.34. The Hall–Kier alpha value is -0.850. The van der Waals surface area contributed by atoms with Crippen molar-refractivity contribution in [2.24, 2.45) is 0 Å². The van der Waals surface area contributed by atoms with Crippen molar-refractivity contribution in [3.05, 3.63) is 28.8 Å². The fraction of sp³-hybridized carbons (Fsp3) is 0.462. The van der Waals surface area contributed by atoms with Gasteiger partial charge in [0, 0.05) is 6.54 Å². The number of nitriles is 1. The summed E-state index contributed by atoms with van der Waals surface area (Å²) in [4.78, 5) is 0. The molecule has 1 aromatic rings. The molecule has 0 aliphatic carbocycles. The fourth-order valence-electron chi connectivity index (χ4n) is 1.50. The molecule has 0 aliphatic heterocycles. The standard InChI is InChI=1S/C13H17ClN2S/c1-17-8-4-2-3-7-16-13-6-5-11(10-15)9-12(13)14/h5-6,9,16H,2-4,7-8H2,1H3.